The molecule has 0 atom stereocenters. The van der Waals surface area contributed by atoms with E-state index in [0.29, 0.717) is 18.1 Å². The van der Waals surface area contributed by atoms with Gasteiger partial charge in [-0.3, -0.25) is 0 Å². The molecule has 2 fully saturated rings. The van der Waals surface area contributed by atoms with Crippen LogP contribution in [0.25, 0.3) is 0 Å². The van der Waals surface area contributed by atoms with Gasteiger partial charge in [0.1, 0.15) is 12.4 Å². The predicted octanol–water partition coefficient (Wildman–Crippen LogP) is 3.92. The van der Waals surface area contributed by atoms with Gasteiger partial charge in [-0.25, -0.2) is 0 Å². The molecule has 27 heavy (non-hydrogen) atoms. The molecule has 0 unspecified atom stereocenters. The van der Waals surface area contributed by atoms with E-state index >= 15 is 0 Å². The number of hydrogen-bond acceptors (Lipinski definition) is 4. The Bertz CT molecular complexity index is 601. The minimum Gasteiger partial charge on any atom is -0.492 e. The summed E-state index contributed by atoms with van der Waals surface area (Å²) in [5.74, 6) is 0.891. The number of benzene rings is 1. The third kappa shape index (κ3) is 5.07. The summed E-state index contributed by atoms with van der Waals surface area (Å²) in [5, 5.41) is 3.64. The minimum absolute atomic E-state index is 0.313. The molecular weight excluding hydrogens is 337 g/mol. The standard InChI is InChI=1S/C22H36BNO3/c1-20(2)13-11-18(12-14-20)24-15-16-25-19-9-7-17(8-10-19)23-26-21(3,4)22(5,6)27-23/h7-10,18,24H,11-16H2,1-6H3. The summed E-state index contributed by atoms with van der Waals surface area (Å²) in [5.41, 5.74) is 0.928. The molecule has 150 valence electrons. The van der Waals surface area contributed by atoms with Crippen molar-refractivity contribution in [1.82, 2.24) is 5.32 Å². The van der Waals surface area contributed by atoms with Gasteiger partial charge in [-0.15, -0.1) is 0 Å². The van der Waals surface area contributed by atoms with Gasteiger partial charge in [0.2, 0.25) is 0 Å². The maximum atomic E-state index is 6.10. The van der Waals surface area contributed by atoms with E-state index in [9.17, 15) is 0 Å². The summed E-state index contributed by atoms with van der Waals surface area (Å²) in [6, 6.07) is 8.72. The molecule has 0 aromatic heterocycles. The van der Waals surface area contributed by atoms with E-state index in [1.165, 1.54) is 25.7 Å². The van der Waals surface area contributed by atoms with Crippen LogP contribution in [-0.4, -0.2) is 37.5 Å². The first-order valence-corrected chi connectivity index (χ1v) is 10.4. The Morgan fingerprint density at radius 3 is 2.07 bits per heavy atom. The summed E-state index contributed by atoms with van der Waals surface area (Å²) >= 11 is 0. The van der Waals surface area contributed by atoms with E-state index < -0.39 is 0 Å². The topological polar surface area (TPSA) is 39.7 Å². The molecule has 0 bridgehead atoms. The monoisotopic (exact) mass is 373 g/mol. The number of ether oxygens (including phenoxy) is 1. The molecule has 4 nitrogen and oxygen atoms in total. The lowest BCUT2D eigenvalue weighted by atomic mass is 9.75. The lowest BCUT2D eigenvalue weighted by Crippen LogP contribution is -2.41. The van der Waals surface area contributed by atoms with Crippen molar-refractivity contribution < 1.29 is 14.0 Å². The zero-order valence-corrected chi connectivity index (χ0v) is 17.9. The van der Waals surface area contributed by atoms with Crippen LogP contribution in [0, 0.1) is 5.41 Å². The smallest absolute Gasteiger partial charge is 0.492 e. The van der Waals surface area contributed by atoms with Crippen molar-refractivity contribution in [3.8, 4) is 5.75 Å². The summed E-state index contributed by atoms with van der Waals surface area (Å²) < 4.78 is 18.1. The van der Waals surface area contributed by atoms with Crippen LogP contribution in [0.15, 0.2) is 24.3 Å². The van der Waals surface area contributed by atoms with Gasteiger partial charge in [0.25, 0.3) is 0 Å². The first-order valence-electron chi connectivity index (χ1n) is 10.4. The van der Waals surface area contributed by atoms with E-state index in [2.05, 4.69) is 46.9 Å². The fourth-order valence-corrected chi connectivity index (χ4v) is 3.74. The fraction of sp³-hybridized carbons (Fsp3) is 0.727. The van der Waals surface area contributed by atoms with Crippen LogP contribution < -0.4 is 15.5 Å². The van der Waals surface area contributed by atoms with Crippen LogP contribution in [0.3, 0.4) is 0 Å². The van der Waals surface area contributed by atoms with Crippen molar-refractivity contribution in [3.63, 3.8) is 0 Å². The van der Waals surface area contributed by atoms with Gasteiger partial charge in [0.15, 0.2) is 0 Å². The highest BCUT2D eigenvalue weighted by Crippen LogP contribution is 2.36. The predicted molar refractivity (Wildman–Crippen MR) is 112 cm³/mol. The average molecular weight is 373 g/mol. The summed E-state index contributed by atoms with van der Waals surface area (Å²) in [7, 11) is -0.318. The second-order valence-electron chi connectivity index (χ2n) is 9.90. The molecular formula is C22H36BNO3. The highest BCUT2D eigenvalue weighted by Gasteiger charge is 2.51. The van der Waals surface area contributed by atoms with Gasteiger partial charge in [-0.1, -0.05) is 26.0 Å². The van der Waals surface area contributed by atoms with Crippen molar-refractivity contribution >= 4 is 12.6 Å². The molecule has 0 amide bonds. The van der Waals surface area contributed by atoms with Gasteiger partial charge < -0.3 is 19.4 Å². The molecule has 1 aliphatic carbocycles. The zero-order valence-electron chi connectivity index (χ0n) is 17.9. The molecule has 1 saturated heterocycles. The Morgan fingerprint density at radius 2 is 1.52 bits per heavy atom. The van der Waals surface area contributed by atoms with Crippen LogP contribution in [0.5, 0.6) is 5.75 Å². The maximum absolute atomic E-state index is 6.10. The van der Waals surface area contributed by atoms with Crippen LogP contribution in [0.1, 0.15) is 67.2 Å². The third-order valence-electron chi connectivity index (χ3n) is 6.55. The molecule has 0 radical (unpaired) electrons. The van der Waals surface area contributed by atoms with Gasteiger partial charge in [0.05, 0.1) is 11.2 Å². The Morgan fingerprint density at radius 1 is 0.963 bits per heavy atom. The number of hydrogen-bond donors (Lipinski definition) is 1. The first-order chi connectivity index (χ1) is 12.6. The second-order valence-corrected chi connectivity index (χ2v) is 9.90. The van der Waals surface area contributed by atoms with Crippen molar-refractivity contribution in [2.75, 3.05) is 13.2 Å². The lowest BCUT2D eigenvalue weighted by molar-refractivity contribution is 0.00578. The fourth-order valence-electron chi connectivity index (χ4n) is 3.74. The Kier molecular flexibility index (Phi) is 5.95. The van der Waals surface area contributed by atoms with E-state index in [-0.39, 0.29) is 18.3 Å². The molecule has 1 N–H and O–H groups in total. The van der Waals surface area contributed by atoms with Crippen molar-refractivity contribution in [2.24, 2.45) is 5.41 Å². The average Bonchev–Trinajstić information content (AvgIpc) is 2.81. The number of nitrogens with one attached hydrogen (secondary N) is 1. The van der Waals surface area contributed by atoms with E-state index in [1.54, 1.807) is 0 Å². The Labute approximate surface area is 165 Å². The molecule has 2 aliphatic rings. The van der Waals surface area contributed by atoms with Gasteiger partial charge in [-0.05, 0) is 76.4 Å². The Hall–Kier alpha value is -1.04. The summed E-state index contributed by atoms with van der Waals surface area (Å²) in [6.07, 6.45) is 5.17. The lowest BCUT2D eigenvalue weighted by Gasteiger charge is -2.34. The maximum Gasteiger partial charge on any atom is 0.494 e. The normalized spacial score (nSPS) is 24.1. The zero-order chi connectivity index (χ0) is 19.7. The molecule has 0 spiro atoms. The first kappa shape index (κ1) is 20.7. The molecule has 1 aromatic carbocycles. The molecule has 5 heteroatoms. The van der Waals surface area contributed by atoms with E-state index in [4.69, 9.17) is 14.0 Å². The van der Waals surface area contributed by atoms with Crippen molar-refractivity contribution in [1.29, 1.82) is 0 Å². The van der Waals surface area contributed by atoms with Gasteiger partial charge in [-0.2, -0.15) is 0 Å². The quantitative estimate of drug-likeness (QED) is 0.606. The molecule has 1 aromatic rings. The number of rotatable bonds is 6. The van der Waals surface area contributed by atoms with Crippen LogP contribution in [0.4, 0.5) is 0 Å². The van der Waals surface area contributed by atoms with Crippen LogP contribution in [0.2, 0.25) is 0 Å². The Balaban J connectivity index is 1.41. The van der Waals surface area contributed by atoms with Gasteiger partial charge in [0, 0.05) is 12.6 Å². The molecule has 1 saturated carbocycles. The van der Waals surface area contributed by atoms with Gasteiger partial charge >= 0.3 is 7.12 Å². The molecule has 3 rings (SSSR count). The SMILES string of the molecule is CC1(C)CCC(NCCOc2ccc(B3OC(C)(C)C(C)(C)O3)cc2)CC1. The highest BCUT2D eigenvalue weighted by atomic mass is 16.7. The van der Waals surface area contributed by atoms with E-state index in [1.807, 2.05) is 24.3 Å². The largest absolute Gasteiger partial charge is 0.494 e. The summed E-state index contributed by atoms with van der Waals surface area (Å²) in [4.78, 5) is 0. The van der Waals surface area contributed by atoms with Crippen LogP contribution >= 0.6 is 0 Å². The van der Waals surface area contributed by atoms with Crippen molar-refractivity contribution in [3.05, 3.63) is 24.3 Å². The second kappa shape index (κ2) is 7.77. The van der Waals surface area contributed by atoms with E-state index in [0.717, 1.165) is 17.8 Å². The van der Waals surface area contributed by atoms with Crippen molar-refractivity contribution in [2.45, 2.75) is 84.5 Å². The minimum atomic E-state index is -0.318. The van der Waals surface area contributed by atoms with Crippen LogP contribution in [-0.2, 0) is 9.31 Å². The summed E-state index contributed by atoms with van der Waals surface area (Å²) in [6.45, 7) is 14.6. The highest BCUT2D eigenvalue weighted by molar-refractivity contribution is 6.62. The molecule has 1 aliphatic heterocycles. The third-order valence-corrected chi connectivity index (χ3v) is 6.55. The molecule has 1 heterocycles.